The van der Waals surface area contributed by atoms with Gasteiger partial charge in [0.2, 0.25) is 0 Å². The molecular formula is C7H9ClN2O2S. The number of hydrogen-bond acceptors (Lipinski definition) is 4. The van der Waals surface area contributed by atoms with Crippen LogP contribution in [0, 0.1) is 0 Å². The van der Waals surface area contributed by atoms with Crippen LogP contribution < -0.4 is 5.32 Å². The van der Waals surface area contributed by atoms with Crippen molar-refractivity contribution in [3.63, 3.8) is 0 Å². The Labute approximate surface area is 84.7 Å². The molecule has 0 aliphatic heterocycles. The first-order chi connectivity index (χ1) is 6.09. The van der Waals surface area contributed by atoms with Crippen LogP contribution in [0.2, 0.25) is 5.15 Å². The van der Waals surface area contributed by atoms with Crippen molar-refractivity contribution in [2.45, 2.75) is 13.0 Å². The SMILES string of the molecule is CC(O)CNC(=O)c1cc(Cl)ns1. The first-order valence-electron chi connectivity index (χ1n) is 3.68. The molecule has 1 aromatic heterocycles. The molecule has 0 aliphatic rings. The zero-order chi connectivity index (χ0) is 9.84. The van der Waals surface area contributed by atoms with Crippen molar-refractivity contribution in [2.24, 2.45) is 0 Å². The van der Waals surface area contributed by atoms with E-state index < -0.39 is 6.10 Å². The lowest BCUT2D eigenvalue weighted by molar-refractivity contribution is 0.0928. The maximum absolute atomic E-state index is 11.3. The molecule has 1 heterocycles. The van der Waals surface area contributed by atoms with Gasteiger partial charge in [0.05, 0.1) is 6.10 Å². The fourth-order valence-electron chi connectivity index (χ4n) is 0.688. The van der Waals surface area contributed by atoms with Crippen LogP contribution in [-0.2, 0) is 0 Å². The van der Waals surface area contributed by atoms with E-state index in [1.807, 2.05) is 0 Å². The van der Waals surface area contributed by atoms with E-state index in [9.17, 15) is 4.79 Å². The lowest BCUT2D eigenvalue weighted by atomic mass is 10.4. The van der Waals surface area contributed by atoms with Crippen molar-refractivity contribution in [1.82, 2.24) is 9.69 Å². The van der Waals surface area contributed by atoms with Crippen LogP contribution in [0.3, 0.4) is 0 Å². The van der Waals surface area contributed by atoms with E-state index in [4.69, 9.17) is 16.7 Å². The minimum absolute atomic E-state index is 0.231. The average molecular weight is 221 g/mol. The summed E-state index contributed by atoms with van der Waals surface area (Å²) in [5.74, 6) is -0.259. The molecule has 1 unspecified atom stereocenters. The Bertz CT molecular complexity index is 300. The van der Waals surface area contributed by atoms with Crippen LogP contribution >= 0.6 is 23.1 Å². The van der Waals surface area contributed by atoms with Crippen LogP contribution in [0.1, 0.15) is 16.6 Å². The molecule has 6 heteroatoms. The fourth-order valence-corrected chi connectivity index (χ4v) is 1.52. The molecule has 4 nitrogen and oxygen atoms in total. The number of aliphatic hydroxyl groups is 1. The number of hydrogen-bond donors (Lipinski definition) is 2. The van der Waals surface area contributed by atoms with Crippen LogP contribution in [-0.4, -0.2) is 28.0 Å². The van der Waals surface area contributed by atoms with Gasteiger partial charge in [0.15, 0.2) is 0 Å². The molecule has 0 radical (unpaired) electrons. The molecule has 2 N–H and O–H groups in total. The molecule has 0 fully saturated rings. The molecular weight excluding hydrogens is 212 g/mol. The van der Waals surface area contributed by atoms with Crippen molar-refractivity contribution in [1.29, 1.82) is 0 Å². The van der Waals surface area contributed by atoms with Gasteiger partial charge in [0.25, 0.3) is 5.91 Å². The first-order valence-corrected chi connectivity index (χ1v) is 4.83. The zero-order valence-electron chi connectivity index (χ0n) is 6.95. The highest BCUT2D eigenvalue weighted by atomic mass is 35.5. The second-order valence-corrected chi connectivity index (χ2v) is 3.77. The summed E-state index contributed by atoms with van der Waals surface area (Å²) in [5.41, 5.74) is 0. The topological polar surface area (TPSA) is 62.2 Å². The van der Waals surface area contributed by atoms with Gasteiger partial charge in [-0.25, -0.2) is 0 Å². The molecule has 72 valence electrons. The summed E-state index contributed by atoms with van der Waals surface area (Å²) in [6.07, 6.45) is -0.549. The highest BCUT2D eigenvalue weighted by molar-refractivity contribution is 7.08. The van der Waals surface area contributed by atoms with Crippen molar-refractivity contribution in [2.75, 3.05) is 6.54 Å². The van der Waals surface area contributed by atoms with E-state index in [1.165, 1.54) is 6.07 Å². The normalized spacial score (nSPS) is 12.5. The largest absolute Gasteiger partial charge is 0.392 e. The molecule has 0 spiro atoms. The van der Waals surface area contributed by atoms with Crippen LogP contribution in [0.5, 0.6) is 0 Å². The number of halogens is 1. The van der Waals surface area contributed by atoms with E-state index in [2.05, 4.69) is 9.69 Å². The van der Waals surface area contributed by atoms with Crippen LogP contribution in [0.4, 0.5) is 0 Å². The van der Waals surface area contributed by atoms with E-state index in [0.717, 1.165) is 11.5 Å². The third kappa shape index (κ3) is 3.30. The molecule has 1 aromatic rings. The Morgan fingerprint density at radius 2 is 2.62 bits per heavy atom. The number of nitrogens with zero attached hydrogens (tertiary/aromatic N) is 1. The lowest BCUT2D eigenvalue weighted by Crippen LogP contribution is -2.29. The molecule has 0 saturated heterocycles. The zero-order valence-corrected chi connectivity index (χ0v) is 8.52. The molecule has 1 rings (SSSR count). The number of aromatic nitrogens is 1. The molecule has 1 amide bonds. The fraction of sp³-hybridized carbons (Fsp3) is 0.429. The summed E-state index contributed by atoms with van der Waals surface area (Å²) in [6.45, 7) is 1.83. The average Bonchev–Trinajstić information content (AvgIpc) is 2.47. The van der Waals surface area contributed by atoms with Gasteiger partial charge in [-0.2, -0.15) is 4.37 Å². The van der Waals surface area contributed by atoms with E-state index in [0.29, 0.717) is 10.0 Å². The number of aliphatic hydroxyl groups excluding tert-OH is 1. The summed E-state index contributed by atoms with van der Waals surface area (Å²) >= 11 is 6.57. The number of carbonyl (C=O) groups excluding carboxylic acids is 1. The predicted molar refractivity (Wildman–Crippen MR) is 51.1 cm³/mol. The van der Waals surface area contributed by atoms with Crippen molar-refractivity contribution < 1.29 is 9.90 Å². The molecule has 0 aliphatic carbocycles. The summed E-state index contributed by atoms with van der Waals surface area (Å²) in [5, 5.41) is 11.7. The van der Waals surface area contributed by atoms with Gasteiger partial charge in [-0.05, 0) is 18.5 Å². The number of amides is 1. The standard InChI is InChI=1S/C7H9ClN2O2S/c1-4(11)3-9-7(12)5-2-6(8)10-13-5/h2,4,11H,3H2,1H3,(H,9,12). The molecule has 13 heavy (non-hydrogen) atoms. The van der Waals surface area contributed by atoms with Crippen LogP contribution in [0.25, 0.3) is 0 Å². The molecule has 0 bridgehead atoms. The monoisotopic (exact) mass is 220 g/mol. The lowest BCUT2D eigenvalue weighted by Gasteiger charge is -2.04. The Balaban J connectivity index is 2.49. The summed E-state index contributed by atoms with van der Waals surface area (Å²) in [6, 6.07) is 1.49. The van der Waals surface area contributed by atoms with Gasteiger partial charge in [0.1, 0.15) is 10.0 Å². The predicted octanol–water partition coefficient (Wildman–Crippen LogP) is 0.907. The van der Waals surface area contributed by atoms with Gasteiger partial charge >= 0.3 is 0 Å². The minimum Gasteiger partial charge on any atom is -0.392 e. The quantitative estimate of drug-likeness (QED) is 0.796. The Kier molecular flexibility index (Phi) is 3.65. The maximum atomic E-state index is 11.3. The second kappa shape index (κ2) is 4.55. The number of nitrogens with one attached hydrogen (secondary N) is 1. The smallest absolute Gasteiger partial charge is 0.263 e. The van der Waals surface area contributed by atoms with Gasteiger partial charge in [-0.15, -0.1) is 0 Å². The van der Waals surface area contributed by atoms with Gasteiger partial charge in [-0.3, -0.25) is 4.79 Å². The number of rotatable bonds is 3. The summed E-state index contributed by atoms with van der Waals surface area (Å²) in [4.78, 5) is 11.7. The highest BCUT2D eigenvalue weighted by Crippen LogP contribution is 2.13. The highest BCUT2D eigenvalue weighted by Gasteiger charge is 2.09. The molecule has 0 saturated carbocycles. The molecule has 1 atom stereocenters. The Morgan fingerprint density at radius 3 is 3.08 bits per heavy atom. The van der Waals surface area contributed by atoms with Crippen molar-refractivity contribution >= 4 is 29.0 Å². The maximum Gasteiger partial charge on any atom is 0.263 e. The summed E-state index contributed by atoms with van der Waals surface area (Å²) in [7, 11) is 0. The Morgan fingerprint density at radius 1 is 1.92 bits per heavy atom. The van der Waals surface area contributed by atoms with Gasteiger partial charge in [0, 0.05) is 12.6 Å². The summed E-state index contributed by atoms with van der Waals surface area (Å²) < 4.78 is 3.75. The molecule has 0 aromatic carbocycles. The second-order valence-electron chi connectivity index (χ2n) is 2.57. The van der Waals surface area contributed by atoms with Crippen molar-refractivity contribution in [3.8, 4) is 0 Å². The van der Waals surface area contributed by atoms with Gasteiger partial charge in [-0.1, -0.05) is 11.6 Å². The third-order valence-corrected chi connectivity index (χ3v) is 2.34. The van der Waals surface area contributed by atoms with E-state index >= 15 is 0 Å². The van der Waals surface area contributed by atoms with E-state index in [-0.39, 0.29) is 12.5 Å². The minimum atomic E-state index is -0.549. The Hall–Kier alpha value is -0.650. The first kappa shape index (κ1) is 10.4. The third-order valence-electron chi connectivity index (χ3n) is 1.26. The van der Waals surface area contributed by atoms with Crippen LogP contribution in [0.15, 0.2) is 6.07 Å². The van der Waals surface area contributed by atoms with Gasteiger partial charge < -0.3 is 10.4 Å². The van der Waals surface area contributed by atoms with Crippen molar-refractivity contribution in [3.05, 3.63) is 16.1 Å². The number of carbonyl (C=O) groups is 1. The van der Waals surface area contributed by atoms with E-state index in [1.54, 1.807) is 6.92 Å².